The molecule has 7 heteroatoms. The fraction of sp³-hybridized carbons (Fsp3) is 0.571. The number of allylic oxidation sites excluding steroid dienone is 8. The summed E-state index contributed by atoms with van der Waals surface area (Å²) in [5.74, 6) is -8.93. The molecule has 2 N–H and O–H groups in total. The summed E-state index contributed by atoms with van der Waals surface area (Å²) in [6.07, 6.45) is 8.81. The molecule has 0 amide bonds. The molecule has 35 heavy (non-hydrogen) atoms. The quantitative estimate of drug-likeness (QED) is 0.270. The lowest BCUT2D eigenvalue weighted by Crippen LogP contribution is -2.44. The smallest absolute Gasteiger partial charge is 0.318 e. The molecule has 192 valence electrons. The number of carbonyl (C=O) groups is 4. The first-order valence-electron chi connectivity index (χ1n) is 12.2. The van der Waals surface area contributed by atoms with Crippen molar-refractivity contribution in [3.8, 4) is 0 Å². The van der Waals surface area contributed by atoms with Gasteiger partial charge in [0, 0.05) is 0 Å². The molecule has 0 heterocycles. The molecule has 0 aliphatic heterocycles. The zero-order valence-electron chi connectivity index (χ0n) is 21.5. The highest BCUT2D eigenvalue weighted by Gasteiger charge is 2.47. The summed E-state index contributed by atoms with van der Waals surface area (Å²) in [4.78, 5) is 50.7. The molecule has 0 fully saturated rings. The van der Waals surface area contributed by atoms with Gasteiger partial charge in [0.2, 0.25) is 0 Å². The molecule has 0 spiro atoms. The summed E-state index contributed by atoms with van der Waals surface area (Å²) in [7, 11) is 0. The van der Waals surface area contributed by atoms with Gasteiger partial charge < -0.3 is 14.9 Å². The number of esters is 2. The first kappa shape index (κ1) is 28.3. The van der Waals surface area contributed by atoms with E-state index in [4.69, 9.17) is 4.74 Å². The van der Waals surface area contributed by atoms with Crippen molar-refractivity contribution in [3.63, 3.8) is 0 Å². The van der Waals surface area contributed by atoms with E-state index >= 15 is 0 Å². The number of aliphatic carboxylic acids is 2. The van der Waals surface area contributed by atoms with Crippen molar-refractivity contribution in [3.05, 3.63) is 46.6 Å². The predicted octanol–water partition coefficient (Wildman–Crippen LogP) is 5.34. The van der Waals surface area contributed by atoms with E-state index in [1.54, 1.807) is 0 Å². The Hall–Kier alpha value is -2.96. The minimum Gasteiger partial charge on any atom is -0.481 e. The zero-order valence-corrected chi connectivity index (χ0v) is 21.5. The molecule has 0 bridgehead atoms. The summed E-state index contributed by atoms with van der Waals surface area (Å²) >= 11 is 0. The van der Waals surface area contributed by atoms with Crippen LogP contribution in [0.1, 0.15) is 67.2 Å². The number of rotatable bonds is 8. The van der Waals surface area contributed by atoms with Crippen LogP contribution >= 0.6 is 0 Å². The van der Waals surface area contributed by atoms with Gasteiger partial charge in [-0.15, -0.1) is 0 Å². The van der Waals surface area contributed by atoms with Crippen LogP contribution in [0.15, 0.2) is 46.6 Å². The molecule has 2 rings (SSSR count). The highest BCUT2D eigenvalue weighted by Crippen LogP contribution is 2.41. The Morgan fingerprint density at radius 2 is 1.11 bits per heavy atom. The van der Waals surface area contributed by atoms with E-state index in [0.717, 1.165) is 22.3 Å². The van der Waals surface area contributed by atoms with Crippen molar-refractivity contribution < 1.29 is 34.1 Å². The van der Waals surface area contributed by atoms with E-state index in [9.17, 15) is 29.4 Å². The molecule has 0 aromatic heterocycles. The standard InChI is InChI=1S/C28H38O7/c1-15(2)7-11-19-17(5)9-13-21(25(29)30)23(19)27(33)35-28(34)24-20(12-8-16(3)4)18(6)10-14-22(24)26(31)32/h7-10,19-24H,11-14H2,1-6H3,(H,29,30)(H,31,32). The van der Waals surface area contributed by atoms with E-state index < -0.39 is 59.4 Å². The summed E-state index contributed by atoms with van der Waals surface area (Å²) in [5, 5.41) is 19.6. The number of hydrogen-bond acceptors (Lipinski definition) is 5. The van der Waals surface area contributed by atoms with Gasteiger partial charge in [0.15, 0.2) is 0 Å². The van der Waals surface area contributed by atoms with Gasteiger partial charge in [-0.25, -0.2) is 0 Å². The number of carboxylic acid groups (broad SMARTS) is 2. The van der Waals surface area contributed by atoms with Gasteiger partial charge in [-0.1, -0.05) is 46.6 Å². The van der Waals surface area contributed by atoms with Crippen LogP contribution in [0.25, 0.3) is 0 Å². The highest BCUT2D eigenvalue weighted by atomic mass is 16.6. The maximum Gasteiger partial charge on any atom is 0.318 e. The molecule has 0 aromatic rings. The number of carbonyl (C=O) groups excluding carboxylic acids is 2. The van der Waals surface area contributed by atoms with Crippen LogP contribution in [-0.2, 0) is 23.9 Å². The van der Waals surface area contributed by atoms with Gasteiger partial charge in [-0.05, 0) is 79.1 Å². The second-order valence-electron chi connectivity index (χ2n) is 10.3. The maximum atomic E-state index is 13.4. The number of hydrogen-bond donors (Lipinski definition) is 2. The van der Waals surface area contributed by atoms with Crippen molar-refractivity contribution in [2.45, 2.75) is 67.2 Å². The topological polar surface area (TPSA) is 118 Å². The maximum absolute atomic E-state index is 13.4. The third-order valence-electron chi connectivity index (χ3n) is 7.23. The highest BCUT2D eigenvalue weighted by molar-refractivity contribution is 5.93. The van der Waals surface area contributed by atoms with E-state index in [2.05, 4.69) is 0 Å². The average molecular weight is 487 g/mol. The summed E-state index contributed by atoms with van der Waals surface area (Å²) in [6.45, 7) is 11.4. The lowest BCUT2D eigenvalue weighted by molar-refractivity contribution is -0.175. The van der Waals surface area contributed by atoms with E-state index in [0.29, 0.717) is 12.8 Å². The van der Waals surface area contributed by atoms with Gasteiger partial charge in [-0.3, -0.25) is 19.2 Å². The molecule has 2 aliphatic rings. The van der Waals surface area contributed by atoms with Crippen molar-refractivity contribution in [2.75, 3.05) is 0 Å². The zero-order chi connectivity index (χ0) is 26.4. The van der Waals surface area contributed by atoms with Crippen LogP contribution in [0.4, 0.5) is 0 Å². The molecule has 0 radical (unpaired) electrons. The van der Waals surface area contributed by atoms with E-state index in [1.807, 2.05) is 65.8 Å². The SMILES string of the molecule is CC(C)=CCC1C(C)=CCC(C(=O)O)C1C(=O)OC(=O)C1C(C(=O)O)CC=C(C)C1CC=C(C)C. The van der Waals surface area contributed by atoms with Crippen LogP contribution in [-0.4, -0.2) is 34.1 Å². The molecule has 7 nitrogen and oxygen atoms in total. The monoisotopic (exact) mass is 486 g/mol. The van der Waals surface area contributed by atoms with Crippen molar-refractivity contribution in [2.24, 2.45) is 35.5 Å². The van der Waals surface area contributed by atoms with Crippen molar-refractivity contribution in [1.82, 2.24) is 0 Å². The van der Waals surface area contributed by atoms with Crippen LogP contribution in [0.3, 0.4) is 0 Å². The minimum absolute atomic E-state index is 0.173. The average Bonchev–Trinajstić information content (AvgIpc) is 2.75. The molecule has 0 aromatic carbocycles. The van der Waals surface area contributed by atoms with Crippen LogP contribution in [0.2, 0.25) is 0 Å². The summed E-state index contributed by atoms with van der Waals surface area (Å²) in [5.41, 5.74) is 3.84. The Labute approximate surface area is 207 Å². The van der Waals surface area contributed by atoms with Gasteiger partial charge in [-0.2, -0.15) is 0 Å². The Balaban J connectivity index is 2.39. The second-order valence-corrected chi connectivity index (χ2v) is 10.3. The first-order valence-corrected chi connectivity index (χ1v) is 12.2. The first-order chi connectivity index (χ1) is 16.3. The number of ether oxygens (including phenoxy) is 1. The van der Waals surface area contributed by atoms with Crippen LogP contribution in [0, 0.1) is 35.5 Å². The van der Waals surface area contributed by atoms with Crippen molar-refractivity contribution >= 4 is 23.9 Å². The Bertz CT molecular complexity index is 895. The molecule has 2 aliphatic carbocycles. The summed E-state index contributed by atoms with van der Waals surface area (Å²) in [6, 6.07) is 0. The fourth-order valence-corrected chi connectivity index (χ4v) is 5.14. The molecule has 0 saturated carbocycles. The van der Waals surface area contributed by atoms with Gasteiger partial charge in [0.25, 0.3) is 0 Å². The third-order valence-corrected chi connectivity index (χ3v) is 7.23. The molecule has 6 unspecified atom stereocenters. The van der Waals surface area contributed by atoms with E-state index in [-0.39, 0.29) is 12.8 Å². The molecular weight excluding hydrogens is 448 g/mol. The lowest BCUT2D eigenvalue weighted by atomic mass is 9.70. The fourth-order valence-electron chi connectivity index (χ4n) is 5.14. The van der Waals surface area contributed by atoms with Crippen molar-refractivity contribution in [1.29, 1.82) is 0 Å². The normalized spacial score (nSPS) is 28.2. The summed E-state index contributed by atoms with van der Waals surface area (Å²) < 4.78 is 5.36. The van der Waals surface area contributed by atoms with Crippen LogP contribution in [0.5, 0.6) is 0 Å². The lowest BCUT2D eigenvalue weighted by Gasteiger charge is -2.36. The van der Waals surface area contributed by atoms with Gasteiger partial charge >= 0.3 is 23.9 Å². The second kappa shape index (κ2) is 12.1. The van der Waals surface area contributed by atoms with Crippen LogP contribution < -0.4 is 0 Å². The third kappa shape index (κ3) is 7.03. The number of carboxylic acids is 2. The largest absolute Gasteiger partial charge is 0.481 e. The molecule has 0 saturated heterocycles. The van der Waals surface area contributed by atoms with Gasteiger partial charge in [0.05, 0.1) is 23.7 Å². The molecular formula is C28H38O7. The molecule has 6 atom stereocenters. The Morgan fingerprint density at radius 3 is 1.40 bits per heavy atom. The Morgan fingerprint density at radius 1 is 0.771 bits per heavy atom. The van der Waals surface area contributed by atoms with E-state index in [1.165, 1.54) is 0 Å². The predicted molar refractivity (Wildman–Crippen MR) is 132 cm³/mol. The van der Waals surface area contributed by atoms with Gasteiger partial charge in [0.1, 0.15) is 0 Å². The minimum atomic E-state index is -1.12. The Kier molecular flexibility index (Phi) is 9.81.